The minimum absolute atomic E-state index is 0.221. The summed E-state index contributed by atoms with van der Waals surface area (Å²) in [6.07, 6.45) is -0.675. The van der Waals surface area contributed by atoms with Crippen LogP contribution in [-0.4, -0.2) is 35.7 Å². The first-order chi connectivity index (χ1) is 8.41. The number of carbonyl (C=O) groups excluding carboxylic acids is 1. The molecule has 5 heteroatoms. The van der Waals surface area contributed by atoms with Gasteiger partial charge in [0, 0.05) is 7.05 Å². The molecule has 1 aromatic rings. The maximum Gasteiger partial charge on any atom is 0.415 e. The van der Waals surface area contributed by atoms with E-state index in [-0.39, 0.29) is 12.5 Å². The molecule has 0 aliphatic heterocycles. The number of hydrogen-bond acceptors (Lipinski definition) is 3. The fourth-order valence-electron chi connectivity index (χ4n) is 1.49. The normalized spacial score (nSPS) is 10.2. The van der Waals surface area contributed by atoms with Crippen molar-refractivity contribution >= 4 is 12.1 Å². The van der Waals surface area contributed by atoms with Gasteiger partial charge in [-0.25, -0.2) is 4.79 Å². The van der Waals surface area contributed by atoms with E-state index in [2.05, 4.69) is 0 Å². The van der Waals surface area contributed by atoms with E-state index in [4.69, 9.17) is 9.84 Å². The van der Waals surface area contributed by atoms with Crippen molar-refractivity contribution in [1.82, 2.24) is 4.90 Å². The van der Waals surface area contributed by atoms with Crippen LogP contribution in [0, 0.1) is 0 Å². The lowest BCUT2D eigenvalue weighted by atomic mass is 10.0. The van der Waals surface area contributed by atoms with Gasteiger partial charge < -0.3 is 9.84 Å². The summed E-state index contributed by atoms with van der Waals surface area (Å²) >= 11 is 0. The van der Waals surface area contributed by atoms with Crippen LogP contribution in [0.2, 0.25) is 0 Å². The third kappa shape index (κ3) is 3.76. The third-order valence-corrected chi connectivity index (χ3v) is 2.42. The molecule has 0 aliphatic rings. The Kier molecular flexibility index (Phi) is 4.71. The van der Waals surface area contributed by atoms with E-state index >= 15 is 0 Å². The molecule has 0 atom stereocenters. The molecule has 0 spiro atoms. The van der Waals surface area contributed by atoms with Gasteiger partial charge in [0.05, 0.1) is 0 Å². The molecule has 0 heterocycles. The van der Waals surface area contributed by atoms with Crippen LogP contribution in [0.1, 0.15) is 25.3 Å². The molecule has 0 aromatic heterocycles. The second-order valence-corrected chi connectivity index (χ2v) is 4.31. The number of carbonyl (C=O) groups is 2. The lowest BCUT2D eigenvalue weighted by Gasteiger charge is -2.17. The first kappa shape index (κ1) is 14.0. The van der Waals surface area contributed by atoms with E-state index < -0.39 is 12.1 Å². The van der Waals surface area contributed by atoms with E-state index in [9.17, 15) is 9.59 Å². The van der Waals surface area contributed by atoms with Gasteiger partial charge in [0.25, 0.3) is 0 Å². The van der Waals surface area contributed by atoms with E-state index in [0.29, 0.717) is 5.75 Å². The Balaban J connectivity index is 2.78. The minimum atomic E-state index is -1.08. The first-order valence-corrected chi connectivity index (χ1v) is 5.65. The summed E-state index contributed by atoms with van der Waals surface area (Å²) in [4.78, 5) is 23.2. The Morgan fingerprint density at radius 2 is 1.94 bits per heavy atom. The number of likely N-dealkylation sites (N-methyl/N-ethyl adjacent to an activating group) is 1. The van der Waals surface area contributed by atoms with E-state index in [0.717, 1.165) is 10.5 Å². The van der Waals surface area contributed by atoms with Crippen molar-refractivity contribution in [2.45, 2.75) is 19.8 Å². The fourth-order valence-corrected chi connectivity index (χ4v) is 1.49. The van der Waals surface area contributed by atoms with Crippen molar-refractivity contribution in [2.75, 3.05) is 13.6 Å². The Morgan fingerprint density at radius 3 is 2.50 bits per heavy atom. The summed E-state index contributed by atoms with van der Waals surface area (Å²) in [5, 5.41) is 8.59. The number of ether oxygens (including phenoxy) is 1. The van der Waals surface area contributed by atoms with Gasteiger partial charge in [-0.3, -0.25) is 9.69 Å². The summed E-state index contributed by atoms with van der Waals surface area (Å²) in [5.41, 5.74) is 0.912. The molecule has 0 fully saturated rings. The number of rotatable bonds is 4. The lowest BCUT2D eigenvalue weighted by Crippen LogP contribution is -2.34. The number of nitrogens with zero attached hydrogens (tertiary/aromatic N) is 1. The highest BCUT2D eigenvalue weighted by Gasteiger charge is 2.16. The molecule has 0 radical (unpaired) electrons. The van der Waals surface area contributed by atoms with Gasteiger partial charge in [0.1, 0.15) is 12.3 Å². The quantitative estimate of drug-likeness (QED) is 0.891. The van der Waals surface area contributed by atoms with E-state index in [1.807, 2.05) is 26.0 Å². The predicted octanol–water partition coefficient (Wildman–Crippen LogP) is 2.33. The third-order valence-electron chi connectivity index (χ3n) is 2.42. The van der Waals surface area contributed by atoms with Crippen LogP contribution < -0.4 is 4.74 Å². The van der Waals surface area contributed by atoms with Gasteiger partial charge in [-0.05, 0) is 17.5 Å². The molecule has 1 aromatic carbocycles. The molecule has 0 bridgehead atoms. The Labute approximate surface area is 106 Å². The van der Waals surface area contributed by atoms with Crippen LogP contribution in [-0.2, 0) is 4.79 Å². The van der Waals surface area contributed by atoms with E-state index in [1.54, 1.807) is 12.1 Å². The minimum Gasteiger partial charge on any atom is -0.480 e. The van der Waals surface area contributed by atoms with Gasteiger partial charge in [-0.1, -0.05) is 32.0 Å². The molecular weight excluding hydrogens is 234 g/mol. The van der Waals surface area contributed by atoms with Gasteiger partial charge in [0.2, 0.25) is 0 Å². The van der Waals surface area contributed by atoms with Gasteiger partial charge >= 0.3 is 12.1 Å². The number of carboxylic acid groups (broad SMARTS) is 1. The first-order valence-electron chi connectivity index (χ1n) is 5.65. The summed E-state index contributed by atoms with van der Waals surface area (Å²) in [6, 6.07) is 7.21. The number of para-hydroxylation sites is 1. The highest BCUT2D eigenvalue weighted by Crippen LogP contribution is 2.26. The number of carboxylic acids is 1. The van der Waals surface area contributed by atoms with Crippen molar-refractivity contribution in [2.24, 2.45) is 0 Å². The molecule has 18 heavy (non-hydrogen) atoms. The maximum absolute atomic E-state index is 11.7. The number of amides is 1. The number of benzene rings is 1. The fraction of sp³-hybridized carbons (Fsp3) is 0.385. The van der Waals surface area contributed by atoms with Crippen LogP contribution in [0.4, 0.5) is 4.79 Å². The Bertz CT molecular complexity index is 442. The molecule has 0 saturated carbocycles. The molecule has 1 rings (SSSR count). The lowest BCUT2D eigenvalue weighted by molar-refractivity contribution is -0.137. The van der Waals surface area contributed by atoms with Crippen molar-refractivity contribution in [3.8, 4) is 5.75 Å². The summed E-state index contributed by atoms with van der Waals surface area (Å²) in [7, 11) is 1.38. The van der Waals surface area contributed by atoms with Crippen LogP contribution >= 0.6 is 0 Å². The van der Waals surface area contributed by atoms with Crippen molar-refractivity contribution in [3.05, 3.63) is 29.8 Å². The number of aliphatic carboxylic acids is 1. The Hall–Kier alpha value is -2.04. The maximum atomic E-state index is 11.7. The molecule has 1 amide bonds. The molecule has 5 nitrogen and oxygen atoms in total. The zero-order chi connectivity index (χ0) is 13.7. The summed E-state index contributed by atoms with van der Waals surface area (Å²) in [5.74, 6) is -0.389. The van der Waals surface area contributed by atoms with Crippen molar-refractivity contribution in [3.63, 3.8) is 0 Å². The monoisotopic (exact) mass is 251 g/mol. The Morgan fingerprint density at radius 1 is 1.33 bits per heavy atom. The predicted molar refractivity (Wildman–Crippen MR) is 66.8 cm³/mol. The molecule has 98 valence electrons. The molecule has 1 N–H and O–H groups in total. The van der Waals surface area contributed by atoms with Crippen LogP contribution in [0.5, 0.6) is 5.75 Å². The van der Waals surface area contributed by atoms with Crippen molar-refractivity contribution < 1.29 is 19.4 Å². The molecule has 0 saturated heterocycles. The van der Waals surface area contributed by atoms with Gasteiger partial charge in [-0.2, -0.15) is 0 Å². The average molecular weight is 251 g/mol. The average Bonchev–Trinajstić information content (AvgIpc) is 2.28. The van der Waals surface area contributed by atoms with Crippen LogP contribution in [0.25, 0.3) is 0 Å². The largest absolute Gasteiger partial charge is 0.480 e. The van der Waals surface area contributed by atoms with Crippen LogP contribution in [0.3, 0.4) is 0 Å². The molecule has 0 unspecified atom stereocenters. The van der Waals surface area contributed by atoms with Crippen molar-refractivity contribution in [1.29, 1.82) is 0 Å². The molecule has 0 aliphatic carbocycles. The number of hydrogen-bond donors (Lipinski definition) is 1. The molecular formula is C13H17NO4. The van der Waals surface area contributed by atoms with Gasteiger partial charge in [-0.15, -0.1) is 0 Å². The highest BCUT2D eigenvalue weighted by atomic mass is 16.6. The smallest absolute Gasteiger partial charge is 0.415 e. The summed E-state index contributed by atoms with van der Waals surface area (Å²) in [6.45, 7) is 3.60. The van der Waals surface area contributed by atoms with Gasteiger partial charge in [0.15, 0.2) is 0 Å². The highest BCUT2D eigenvalue weighted by molar-refractivity contribution is 5.77. The zero-order valence-corrected chi connectivity index (χ0v) is 10.7. The standard InChI is InChI=1S/C13H17NO4/c1-9(2)10-6-4-5-7-11(10)18-13(17)14(3)8-12(15)16/h4-7,9H,8H2,1-3H3,(H,15,16). The topological polar surface area (TPSA) is 66.8 Å². The SMILES string of the molecule is CC(C)c1ccccc1OC(=O)N(C)CC(=O)O. The second-order valence-electron chi connectivity index (χ2n) is 4.31. The summed E-state index contributed by atoms with van der Waals surface area (Å²) < 4.78 is 5.19. The van der Waals surface area contributed by atoms with E-state index in [1.165, 1.54) is 7.05 Å². The van der Waals surface area contributed by atoms with Crippen LogP contribution in [0.15, 0.2) is 24.3 Å². The second kappa shape index (κ2) is 6.05. The zero-order valence-electron chi connectivity index (χ0n) is 10.7.